The van der Waals surface area contributed by atoms with Crippen LogP contribution in [-0.2, 0) is 9.53 Å². The van der Waals surface area contributed by atoms with E-state index in [1.54, 1.807) is 30.3 Å². The molecule has 2 aromatic carbocycles. The lowest BCUT2D eigenvalue weighted by Gasteiger charge is -2.11. The fourth-order valence-corrected chi connectivity index (χ4v) is 2.82. The molecule has 0 aliphatic heterocycles. The number of esters is 1. The van der Waals surface area contributed by atoms with Gasteiger partial charge in [0, 0.05) is 11.8 Å². The minimum atomic E-state index is -0.352. The SMILES string of the molecule is CCCCCOC(=O)c1ccc(NC(=O)/C=C/c2ccc(OCC)c(OCC)c2)cc1. The van der Waals surface area contributed by atoms with Crippen LogP contribution in [0.5, 0.6) is 11.5 Å². The molecule has 0 heterocycles. The largest absolute Gasteiger partial charge is 0.490 e. The van der Waals surface area contributed by atoms with E-state index in [9.17, 15) is 9.59 Å². The summed E-state index contributed by atoms with van der Waals surface area (Å²) in [6.45, 7) is 7.41. The maximum absolute atomic E-state index is 12.2. The predicted molar refractivity (Wildman–Crippen MR) is 123 cm³/mol. The molecule has 0 aliphatic carbocycles. The zero-order valence-electron chi connectivity index (χ0n) is 18.5. The summed E-state index contributed by atoms with van der Waals surface area (Å²) in [5, 5.41) is 2.78. The van der Waals surface area contributed by atoms with Crippen molar-refractivity contribution in [2.75, 3.05) is 25.1 Å². The van der Waals surface area contributed by atoms with E-state index in [1.165, 1.54) is 6.08 Å². The summed E-state index contributed by atoms with van der Waals surface area (Å²) in [7, 11) is 0. The fraction of sp³-hybridized carbons (Fsp3) is 0.360. The van der Waals surface area contributed by atoms with Gasteiger partial charge in [0.2, 0.25) is 5.91 Å². The number of amides is 1. The highest BCUT2D eigenvalue weighted by molar-refractivity contribution is 6.02. The van der Waals surface area contributed by atoms with Crippen molar-refractivity contribution in [2.24, 2.45) is 0 Å². The molecule has 0 saturated carbocycles. The summed E-state index contributed by atoms with van der Waals surface area (Å²) in [4.78, 5) is 24.2. The number of carbonyl (C=O) groups excluding carboxylic acids is 2. The molecule has 0 unspecified atom stereocenters. The van der Waals surface area contributed by atoms with E-state index in [2.05, 4.69) is 12.2 Å². The molecular formula is C25H31NO5. The smallest absolute Gasteiger partial charge is 0.338 e. The van der Waals surface area contributed by atoms with Gasteiger partial charge in [0.1, 0.15) is 0 Å². The topological polar surface area (TPSA) is 73.9 Å². The van der Waals surface area contributed by atoms with Gasteiger partial charge in [0.25, 0.3) is 0 Å². The Balaban J connectivity index is 1.92. The first-order valence-electron chi connectivity index (χ1n) is 10.7. The van der Waals surface area contributed by atoms with Crippen LogP contribution in [0.3, 0.4) is 0 Å². The van der Waals surface area contributed by atoms with E-state index in [0.29, 0.717) is 42.6 Å². The van der Waals surface area contributed by atoms with Crippen molar-refractivity contribution in [2.45, 2.75) is 40.0 Å². The molecule has 0 bridgehead atoms. The first-order valence-corrected chi connectivity index (χ1v) is 10.7. The molecular weight excluding hydrogens is 394 g/mol. The Labute approximate surface area is 184 Å². The van der Waals surface area contributed by atoms with Gasteiger partial charge in [0.05, 0.1) is 25.4 Å². The van der Waals surface area contributed by atoms with Crippen LogP contribution in [0, 0.1) is 0 Å². The summed E-state index contributed by atoms with van der Waals surface area (Å²) < 4.78 is 16.4. The normalized spacial score (nSPS) is 10.7. The van der Waals surface area contributed by atoms with E-state index in [1.807, 2.05) is 32.0 Å². The van der Waals surface area contributed by atoms with Crippen LogP contribution in [0.2, 0.25) is 0 Å². The summed E-state index contributed by atoms with van der Waals surface area (Å²) in [6.07, 6.45) is 6.13. The summed E-state index contributed by atoms with van der Waals surface area (Å²) >= 11 is 0. The molecule has 31 heavy (non-hydrogen) atoms. The Morgan fingerprint density at radius 3 is 2.29 bits per heavy atom. The first kappa shape index (κ1) is 24.0. The number of ether oxygens (including phenoxy) is 3. The van der Waals surface area contributed by atoms with Gasteiger partial charge in [-0.2, -0.15) is 0 Å². The second-order valence-electron chi connectivity index (χ2n) is 6.82. The number of carbonyl (C=O) groups is 2. The number of hydrogen-bond donors (Lipinski definition) is 1. The monoisotopic (exact) mass is 425 g/mol. The van der Waals surface area contributed by atoms with Gasteiger partial charge in [-0.3, -0.25) is 4.79 Å². The lowest BCUT2D eigenvalue weighted by atomic mass is 10.2. The molecule has 0 saturated heterocycles. The van der Waals surface area contributed by atoms with Crippen molar-refractivity contribution < 1.29 is 23.8 Å². The molecule has 0 radical (unpaired) electrons. The highest BCUT2D eigenvalue weighted by Gasteiger charge is 2.08. The van der Waals surface area contributed by atoms with Crippen LogP contribution >= 0.6 is 0 Å². The van der Waals surface area contributed by atoms with Gasteiger partial charge in [0.15, 0.2) is 11.5 Å². The second kappa shape index (κ2) is 13.1. The molecule has 0 fully saturated rings. The molecule has 0 aliphatic rings. The first-order chi connectivity index (χ1) is 15.1. The minimum Gasteiger partial charge on any atom is -0.490 e. The third-order valence-electron chi connectivity index (χ3n) is 4.36. The molecule has 2 rings (SSSR count). The molecule has 6 nitrogen and oxygen atoms in total. The lowest BCUT2D eigenvalue weighted by Crippen LogP contribution is -2.09. The van der Waals surface area contributed by atoms with Crippen LogP contribution in [0.4, 0.5) is 5.69 Å². The summed E-state index contributed by atoms with van der Waals surface area (Å²) in [5.74, 6) is 0.690. The third kappa shape index (κ3) is 8.16. The molecule has 0 atom stereocenters. The third-order valence-corrected chi connectivity index (χ3v) is 4.36. The van der Waals surface area contributed by atoms with Gasteiger partial charge in [-0.15, -0.1) is 0 Å². The zero-order valence-corrected chi connectivity index (χ0v) is 18.5. The average molecular weight is 426 g/mol. The van der Waals surface area contributed by atoms with Gasteiger partial charge in [-0.25, -0.2) is 4.79 Å². The molecule has 1 amide bonds. The Morgan fingerprint density at radius 1 is 0.903 bits per heavy atom. The highest BCUT2D eigenvalue weighted by atomic mass is 16.5. The van der Waals surface area contributed by atoms with Crippen molar-refractivity contribution in [1.82, 2.24) is 0 Å². The Morgan fingerprint density at radius 2 is 1.61 bits per heavy atom. The van der Waals surface area contributed by atoms with Crippen molar-refractivity contribution in [3.05, 3.63) is 59.7 Å². The maximum atomic E-state index is 12.2. The summed E-state index contributed by atoms with van der Waals surface area (Å²) in [5.41, 5.74) is 1.88. The van der Waals surface area contributed by atoms with Gasteiger partial charge < -0.3 is 19.5 Å². The summed E-state index contributed by atoms with van der Waals surface area (Å²) in [6, 6.07) is 12.2. The molecule has 2 aromatic rings. The maximum Gasteiger partial charge on any atom is 0.338 e. The molecule has 166 valence electrons. The molecule has 6 heteroatoms. The van der Waals surface area contributed by atoms with Crippen LogP contribution in [-0.4, -0.2) is 31.7 Å². The van der Waals surface area contributed by atoms with Gasteiger partial charge in [-0.1, -0.05) is 25.8 Å². The zero-order chi connectivity index (χ0) is 22.5. The standard InChI is InChI=1S/C25H31NO5/c1-4-7-8-17-31-25(28)20-11-13-21(14-12-20)26-24(27)16-10-19-9-15-22(29-5-2)23(18-19)30-6-3/h9-16,18H,4-8,17H2,1-3H3,(H,26,27)/b16-10+. The molecule has 0 spiro atoms. The minimum absolute atomic E-state index is 0.276. The van der Waals surface area contributed by atoms with Crippen LogP contribution in [0.15, 0.2) is 48.5 Å². The quantitative estimate of drug-likeness (QED) is 0.277. The van der Waals surface area contributed by atoms with E-state index in [-0.39, 0.29) is 11.9 Å². The number of nitrogens with one attached hydrogen (secondary N) is 1. The number of benzene rings is 2. The van der Waals surface area contributed by atoms with Gasteiger partial charge >= 0.3 is 5.97 Å². The van der Waals surface area contributed by atoms with E-state index >= 15 is 0 Å². The Kier molecular flexibility index (Phi) is 10.1. The Bertz CT molecular complexity index is 874. The predicted octanol–water partition coefficient (Wildman–Crippen LogP) is 5.48. The van der Waals surface area contributed by atoms with Crippen LogP contribution in [0.1, 0.15) is 56.0 Å². The van der Waals surface area contributed by atoms with E-state index in [0.717, 1.165) is 24.8 Å². The van der Waals surface area contributed by atoms with Crippen LogP contribution in [0.25, 0.3) is 6.08 Å². The number of hydrogen-bond acceptors (Lipinski definition) is 5. The van der Waals surface area contributed by atoms with Crippen molar-refractivity contribution in [3.8, 4) is 11.5 Å². The molecule has 0 aromatic heterocycles. The van der Waals surface area contributed by atoms with E-state index < -0.39 is 0 Å². The molecule has 1 N–H and O–H groups in total. The highest BCUT2D eigenvalue weighted by Crippen LogP contribution is 2.29. The van der Waals surface area contributed by atoms with E-state index in [4.69, 9.17) is 14.2 Å². The number of unbranched alkanes of at least 4 members (excludes halogenated alkanes) is 2. The lowest BCUT2D eigenvalue weighted by molar-refractivity contribution is -0.111. The van der Waals surface area contributed by atoms with Crippen molar-refractivity contribution >= 4 is 23.6 Å². The van der Waals surface area contributed by atoms with Crippen molar-refractivity contribution in [3.63, 3.8) is 0 Å². The fourth-order valence-electron chi connectivity index (χ4n) is 2.82. The van der Waals surface area contributed by atoms with Crippen molar-refractivity contribution in [1.29, 1.82) is 0 Å². The second-order valence-corrected chi connectivity index (χ2v) is 6.82. The Hall–Kier alpha value is -3.28. The van der Waals surface area contributed by atoms with Gasteiger partial charge in [-0.05, 0) is 68.3 Å². The number of anilines is 1. The number of rotatable bonds is 12. The average Bonchev–Trinajstić information content (AvgIpc) is 2.77. The van der Waals surface area contributed by atoms with Crippen LogP contribution < -0.4 is 14.8 Å².